The summed E-state index contributed by atoms with van der Waals surface area (Å²) in [6.45, 7) is 6.27. The van der Waals surface area contributed by atoms with Gasteiger partial charge in [-0.15, -0.1) is 0 Å². The third kappa shape index (κ3) is 3.56. The van der Waals surface area contributed by atoms with Gasteiger partial charge in [-0.3, -0.25) is 9.59 Å². The fourth-order valence-electron chi connectivity index (χ4n) is 2.20. The molecule has 2 aromatic rings. The van der Waals surface area contributed by atoms with Crippen LogP contribution in [0.15, 0.2) is 29.1 Å². The van der Waals surface area contributed by atoms with Crippen molar-refractivity contribution in [3.8, 4) is 0 Å². The van der Waals surface area contributed by atoms with Crippen LogP contribution >= 0.6 is 0 Å². The molecule has 0 aliphatic carbocycles. The number of H-pyrrole nitrogens is 1. The van der Waals surface area contributed by atoms with Crippen LogP contribution in [0.5, 0.6) is 0 Å². The van der Waals surface area contributed by atoms with Gasteiger partial charge >= 0.3 is 0 Å². The Balaban J connectivity index is 2.27. The molecule has 0 fully saturated rings. The second-order valence-corrected chi connectivity index (χ2v) is 5.04. The summed E-state index contributed by atoms with van der Waals surface area (Å²) in [4.78, 5) is 23.6. The van der Waals surface area contributed by atoms with Crippen molar-refractivity contribution < 1.29 is 4.79 Å². The van der Waals surface area contributed by atoms with Crippen LogP contribution in [0.3, 0.4) is 0 Å². The Hall–Kier alpha value is -2.43. The molecular formula is C16H19N3O2. The first-order valence-electron chi connectivity index (χ1n) is 6.94. The molecule has 0 saturated carbocycles. The number of amides is 1. The van der Waals surface area contributed by atoms with Gasteiger partial charge in [0, 0.05) is 24.1 Å². The van der Waals surface area contributed by atoms with E-state index in [1.165, 1.54) is 0 Å². The number of aromatic amines is 1. The van der Waals surface area contributed by atoms with E-state index in [4.69, 9.17) is 0 Å². The Morgan fingerprint density at radius 3 is 2.67 bits per heavy atom. The molecule has 1 aromatic carbocycles. The van der Waals surface area contributed by atoms with E-state index in [-0.39, 0.29) is 11.5 Å². The minimum absolute atomic E-state index is 0.0789. The molecule has 5 heteroatoms. The number of benzene rings is 1. The number of carbonyl (C=O) groups is 1. The molecule has 21 heavy (non-hydrogen) atoms. The highest BCUT2D eigenvalue weighted by Gasteiger charge is 2.09. The molecule has 0 saturated heterocycles. The van der Waals surface area contributed by atoms with E-state index >= 15 is 0 Å². The first-order chi connectivity index (χ1) is 10.0. The van der Waals surface area contributed by atoms with Crippen LogP contribution in [0.25, 0.3) is 0 Å². The lowest BCUT2D eigenvalue weighted by molar-refractivity contribution is 0.0955. The molecule has 110 valence electrons. The highest BCUT2D eigenvalue weighted by molar-refractivity contribution is 5.94. The fraction of sp³-hybridized carbons (Fsp3) is 0.312. The lowest BCUT2D eigenvalue weighted by atomic mass is 9.99. The monoisotopic (exact) mass is 285 g/mol. The number of hydrogen-bond acceptors (Lipinski definition) is 3. The smallest absolute Gasteiger partial charge is 0.267 e. The Labute approximate surface area is 123 Å². The number of aromatic nitrogens is 2. The normalized spacial score (nSPS) is 10.4. The van der Waals surface area contributed by atoms with Crippen molar-refractivity contribution in [2.75, 3.05) is 6.54 Å². The molecule has 0 unspecified atom stereocenters. The Kier molecular flexibility index (Phi) is 4.52. The highest BCUT2D eigenvalue weighted by Crippen LogP contribution is 2.14. The predicted molar refractivity (Wildman–Crippen MR) is 81.6 cm³/mol. The van der Waals surface area contributed by atoms with Crippen molar-refractivity contribution in [1.29, 1.82) is 0 Å². The van der Waals surface area contributed by atoms with Gasteiger partial charge in [0.15, 0.2) is 0 Å². The molecule has 0 bridgehead atoms. The Morgan fingerprint density at radius 1 is 1.24 bits per heavy atom. The van der Waals surface area contributed by atoms with Crippen LogP contribution in [-0.4, -0.2) is 22.6 Å². The average Bonchev–Trinajstić information content (AvgIpc) is 2.45. The van der Waals surface area contributed by atoms with Gasteiger partial charge in [0.1, 0.15) is 0 Å². The molecule has 0 aliphatic heterocycles. The summed E-state index contributed by atoms with van der Waals surface area (Å²) in [6.07, 6.45) is 0.528. The molecule has 0 spiro atoms. The van der Waals surface area contributed by atoms with Crippen molar-refractivity contribution in [2.45, 2.75) is 27.2 Å². The summed E-state index contributed by atoms with van der Waals surface area (Å²) in [6, 6.07) is 7.32. The van der Waals surface area contributed by atoms with Gasteiger partial charge in [-0.25, -0.2) is 5.10 Å². The minimum Gasteiger partial charge on any atom is -0.352 e. The van der Waals surface area contributed by atoms with Gasteiger partial charge in [0.25, 0.3) is 11.5 Å². The van der Waals surface area contributed by atoms with E-state index in [0.29, 0.717) is 24.1 Å². The molecule has 1 heterocycles. The van der Waals surface area contributed by atoms with Crippen molar-refractivity contribution in [3.63, 3.8) is 0 Å². The molecule has 0 atom stereocenters. The molecule has 0 radical (unpaired) electrons. The quantitative estimate of drug-likeness (QED) is 0.898. The van der Waals surface area contributed by atoms with E-state index in [2.05, 4.69) is 15.5 Å². The largest absolute Gasteiger partial charge is 0.352 e. The van der Waals surface area contributed by atoms with Crippen molar-refractivity contribution in [3.05, 3.63) is 62.6 Å². The first-order valence-corrected chi connectivity index (χ1v) is 6.94. The molecule has 0 aliphatic rings. The lowest BCUT2D eigenvalue weighted by Gasteiger charge is -2.09. The zero-order valence-corrected chi connectivity index (χ0v) is 12.5. The van der Waals surface area contributed by atoms with Crippen LogP contribution in [0, 0.1) is 13.8 Å². The standard InChI is InChI=1S/C16H19N3O2/c1-4-17-15(20)13-6-5-12(10(2)7-13)9-14-8-11(3)18-19-16(14)21/h5-8H,4,9H2,1-3H3,(H,17,20)(H,19,21). The lowest BCUT2D eigenvalue weighted by Crippen LogP contribution is -2.22. The SMILES string of the molecule is CCNC(=O)c1ccc(Cc2cc(C)n[nH]c2=O)c(C)c1. The molecule has 1 amide bonds. The highest BCUT2D eigenvalue weighted by atomic mass is 16.1. The summed E-state index contributed by atoms with van der Waals surface area (Å²) in [5.74, 6) is -0.0789. The topological polar surface area (TPSA) is 74.8 Å². The van der Waals surface area contributed by atoms with Gasteiger partial charge in [-0.1, -0.05) is 6.07 Å². The van der Waals surface area contributed by atoms with Gasteiger partial charge in [-0.05, 0) is 50.1 Å². The van der Waals surface area contributed by atoms with Gasteiger partial charge < -0.3 is 5.32 Å². The van der Waals surface area contributed by atoms with Crippen LogP contribution < -0.4 is 10.9 Å². The minimum atomic E-state index is -0.173. The maximum absolute atomic E-state index is 11.8. The van der Waals surface area contributed by atoms with Crippen LogP contribution in [0.4, 0.5) is 0 Å². The molecular weight excluding hydrogens is 266 g/mol. The summed E-state index contributed by atoms with van der Waals surface area (Å²) in [5, 5.41) is 9.13. The van der Waals surface area contributed by atoms with Gasteiger partial charge in [-0.2, -0.15) is 5.10 Å². The summed E-state index contributed by atoms with van der Waals surface area (Å²) < 4.78 is 0. The maximum atomic E-state index is 11.8. The van der Waals surface area contributed by atoms with E-state index in [1.807, 2.05) is 32.9 Å². The molecule has 1 aromatic heterocycles. The van der Waals surface area contributed by atoms with Crippen molar-refractivity contribution in [2.24, 2.45) is 0 Å². The fourth-order valence-corrected chi connectivity index (χ4v) is 2.20. The van der Waals surface area contributed by atoms with E-state index in [9.17, 15) is 9.59 Å². The predicted octanol–water partition coefficient (Wildman–Crippen LogP) is 1.73. The van der Waals surface area contributed by atoms with Crippen molar-refractivity contribution >= 4 is 5.91 Å². The summed E-state index contributed by atoms with van der Waals surface area (Å²) in [7, 11) is 0. The van der Waals surface area contributed by atoms with E-state index in [0.717, 1.165) is 16.8 Å². The number of carbonyl (C=O) groups excluding carboxylic acids is 1. The molecule has 2 N–H and O–H groups in total. The van der Waals surface area contributed by atoms with E-state index < -0.39 is 0 Å². The molecule has 2 rings (SSSR count). The maximum Gasteiger partial charge on any atom is 0.267 e. The summed E-state index contributed by atoms with van der Waals surface area (Å²) >= 11 is 0. The van der Waals surface area contributed by atoms with Crippen molar-refractivity contribution in [1.82, 2.24) is 15.5 Å². The summed E-state index contributed by atoms with van der Waals surface area (Å²) in [5.41, 5.74) is 3.94. The third-order valence-electron chi connectivity index (χ3n) is 3.33. The second-order valence-electron chi connectivity index (χ2n) is 5.04. The second kappa shape index (κ2) is 6.35. The number of aryl methyl sites for hydroxylation is 2. The zero-order chi connectivity index (χ0) is 15.4. The number of hydrogen-bond donors (Lipinski definition) is 2. The number of nitrogens with zero attached hydrogens (tertiary/aromatic N) is 1. The zero-order valence-electron chi connectivity index (χ0n) is 12.5. The van der Waals surface area contributed by atoms with Gasteiger partial charge in [0.2, 0.25) is 0 Å². The Bertz CT molecular complexity index is 720. The third-order valence-corrected chi connectivity index (χ3v) is 3.33. The van der Waals surface area contributed by atoms with Crippen LogP contribution in [0.1, 0.15) is 39.7 Å². The average molecular weight is 285 g/mol. The van der Waals surface area contributed by atoms with Crippen LogP contribution in [-0.2, 0) is 6.42 Å². The Morgan fingerprint density at radius 2 is 2.00 bits per heavy atom. The molecule has 5 nitrogen and oxygen atoms in total. The van der Waals surface area contributed by atoms with Crippen LogP contribution in [0.2, 0.25) is 0 Å². The number of nitrogens with one attached hydrogen (secondary N) is 2. The number of rotatable bonds is 4. The van der Waals surface area contributed by atoms with E-state index in [1.54, 1.807) is 12.1 Å². The first kappa shape index (κ1) is 15.0. The van der Waals surface area contributed by atoms with Gasteiger partial charge in [0.05, 0.1) is 5.69 Å².